The molecule has 0 aliphatic carbocycles. The fourth-order valence-corrected chi connectivity index (χ4v) is 5.78. The molecule has 2 unspecified atom stereocenters. The summed E-state index contributed by atoms with van der Waals surface area (Å²) in [5.74, 6) is 0.989. The molecule has 2 bridgehead atoms. The predicted molar refractivity (Wildman–Crippen MR) is 84.2 cm³/mol. The molecular weight excluding hydrogens is 284 g/mol. The summed E-state index contributed by atoms with van der Waals surface area (Å²) in [5, 5.41) is 0.475. The summed E-state index contributed by atoms with van der Waals surface area (Å²) in [5.41, 5.74) is 0.733. The second-order valence-electron chi connectivity index (χ2n) is 6.00. The van der Waals surface area contributed by atoms with Gasteiger partial charge in [-0.15, -0.1) is 0 Å². The van der Waals surface area contributed by atoms with E-state index in [1.54, 1.807) is 0 Å². The molecule has 3 nitrogen and oxygen atoms in total. The molecule has 0 radical (unpaired) electrons. The average Bonchev–Trinajstić information content (AvgIpc) is 2.47. The zero-order valence-electron chi connectivity index (χ0n) is 12.4. The molecule has 2 fully saturated rings. The lowest BCUT2D eigenvalue weighted by atomic mass is 9.84. The van der Waals surface area contributed by atoms with Crippen LogP contribution in [-0.4, -0.2) is 27.1 Å². The van der Waals surface area contributed by atoms with Crippen LogP contribution in [0.3, 0.4) is 0 Å². The van der Waals surface area contributed by atoms with E-state index in [-0.39, 0.29) is 22.2 Å². The van der Waals surface area contributed by atoms with E-state index >= 15 is 0 Å². The van der Waals surface area contributed by atoms with Crippen LogP contribution >= 0.6 is 0 Å². The van der Waals surface area contributed by atoms with E-state index < -0.39 is 10.8 Å². The zero-order chi connectivity index (χ0) is 14.8. The Labute approximate surface area is 128 Å². The molecule has 2 aliphatic heterocycles. The van der Waals surface area contributed by atoms with Crippen LogP contribution in [0.5, 0.6) is 5.75 Å². The van der Waals surface area contributed by atoms with E-state index in [9.17, 15) is 9.00 Å². The van der Waals surface area contributed by atoms with E-state index in [1.165, 1.54) is 6.42 Å². The van der Waals surface area contributed by atoms with Gasteiger partial charge in [-0.25, -0.2) is 0 Å². The number of carbonyl (C=O) groups is 1. The highest BCUT2D eigenvalue weighted by atomic mass is 32.2. The third-order valence-corrected chi connectivity index (χ3v) is 6.77. The van der Waals surface area contributed by atoms with Crippen molar-refractivity contribution in [3.63, 3.8) is 0 Å². The molecule has 2 atom stereocenters. The van der Waals surface area contributed by atoms with Gasteiger partial charge in [-0.2, -0.15) is 0 Å². The Bertz CT molecular complexity index is 539. The first-order valence-electron chi connectivity index (χ1n) is 7.85. The maximum atomic E-state index is 12.7. The van der Waals surface area contributed by atoms with Gasteiger partial charge in [0.1, 0.15) is 5.75 Å². The summed E-state index contributed by atoms with van der Waals surface area (Å²) < 4.78 is 17.7. The predicted octanol–water partition coefficient (Wildman–Crippen LogP) is 3.35. The van der Waals surface area contributed by atoms with E-state index in [2.05, 4.69) is 0 Å². The van der Waals surface area contributed by atoms with Gasteiger partial charge in [0.15, 0.2) is 5.78 Å². The number of hydrogen-bond acceptors (Lipinski definition) is 3. The van der Waals surface area contributed by atoms with Gasteiger partial charge >= 0.3 is 0 Å². The molecule has 4 heteroatoms. The highest BCUT2D eigenvalue weighted by Gasteiger charge is 2.40. The smallest absolute Gasteiger partial charge is 0.166 e. The average molecular weight is 306 g/mol. The lowest BCUT2D eigenvalue weighted by Crippen LogP contribution is -2.41. The van der Waals surface area contributed by atoms with Crippen molar-refractivity contribution in [2.24, 2.45) is 5.92 Å². The molecule has 1 aromatic rings. The van der Waals surface area contributed by atoms with Gasteiger partial charge in [0.05, 0.1) is 6.61 Å². The van der Waals surface area contributed by atoms with Crippen LogP contribution in [-0.2, 0) is 10.8 Å². The monoisotopic (exact) mass is 306 g/mol. The normalized spacial score (nSPS) is 31.7. The molecule has 3 rings (SSSR count). The highest BCUT2D eigenvalue weighted by Crippen LogP contribution is 2.38. The molecule has 114 valence electrons. The van der Waals surface area contributed by atoms with Crippen molar-refractivity contribution in [3.8, 4) is 5.75 Å². The minimum atomic E-state index is -0.714. The van der Waals surface area contributed by atoms with Crippen molar-refractivity contribution < 1.29 is 13.7 Å². The largest absolute Gasteiger partial charge is 0.494 e. The maximum Gasteiger partial charge on any atom is 0.166 e. The number of carbonyl (C=O) groups excluding carboxylic acids is 1. The third-order valence-electron chi connectivity index (χ3n) is 4.60. The van der Waals surface area contributed by atoms with Crippen LogP contribution in [0.15, 0.2) is 24.3 Å². The second kappa shape index (κ2) is 6.30. The maximum absolute atomic E-state index is 12.7. The van der Waals surface area contributed by atoms with Crippen LogP contribution in [0, 0.1) is 5.92 Å². The minimum Gasteiger partial charge on any atom is -0.494 e. The number of ether oxygens (including phenoxy) is 1. The molecule has 21 heavy (non-hydrogen) atoms. The number of benzene rings is 1. The van der Waals surface area contributed by atoms with Gasteiger partial charge < -0.3 is 4.74 Å². The summed E-state index contributed by atoms with van der Waals surface area (Å²) in [4.78, 5) is 12.7. The number of hydrogen-bond donors (Lipinski definition) is 0. The third kappa shape index (κ3) is 3.05. The van der Waals surface area contributed by atoms with Gasteiger partial charge in [0, 0.05) is 32.8 Å². The second-order valence-corrected chi connectivity index (χ2v) is 7.99. The number of ketones is 1. The van der Waals surface area contributed by atoms with Crippen LogP contribution in [0.2, 0.25) is 0 Å². The fraction of sp³-hybridized carbons (Fsp3) is 0.588. The van der Waals surface area contributed by atoms with Crippen molar-refractivity contribution in [1.29, 1.82) is 0 Å². The van der Waals surface area contributed by atoms with E-state index in [0.29, 0.717) is 6.61 Å². The summed E-state index contributed by atoms with van der Waals surface area (Å²) in [6.45, 7) is 2.54. The Balaban J connectivity index is 1.76. The van der Waals surface area contributed by atoms with Crippen LogP contribution < -0.4 is 4.74 Å². The van der Waals surface area contributed by atoms with Gasteiger partial charge in [-0.1, -0.05) is 18.6 Å². The topological polar surface area (TPSA) is 43.4 Å². The van der Waals surface area contributed by atoms with Crippen LogP contribution in [0.1, 0.15) is 49.4 Å². The Morgan fingerprint density at radius 1 is 1.29 bits per heavy atom. The van der Waals surface area contributed by atoms with Crippen molar-refractivity contribution in [1.82, 2.24) is 0 Å². The first kappa shape index (κ1) is 14.8. The van der Waals surface area contributed by atoms with Crippen molar-refractivity contribution in [2.45, 2.75) is 49.5 Å². The Morgan fingerprint density at radius 2 is 2.00 bits per heavy atom. The first-order chi connectivity index (χ1) is 10.2. The molecule has 0 spiro atoms. The number of fused-ring (bicyclic) bond motifs is 2. The Kier molecular flexibility index (Phi) is 4.43. The zero-order valence-corrected chi connectivity index (χ0v) is 13.2. The van der Waals surface area contributed by atoms with Crippen molar-refractivity contribution in [3.05, 3.63) is 29.8 Å². The SMILES string of the molecule is CCOc1cccc(C(=O)C2CC3CCCC(C2)S3=O)c1. The molecule has 1 aromatic carbocycles. The number of Topliss-reactive ketones (excluding diaryl/α,β-unsaturated/α-hetero) is 1. The molecule has 2 aliphatic rings. The molecule has 0 N–H and O–H groups in total. The molecule has 0 amide bonds. The fourth-order valence-electron chi connectivity index (χ4n) is 3.59. The molecular formula is C17H22O3S. The quantitative estimate of drug-likeness (QED) is 0.801. The lowest BCUT2D eigenvalue weighted by Gasteiger charge is -2.37. The lowest BCUT2D eigenvalue weighted by molar-refractivity contribution is 0.0895. The van der Waals surface area contributed by atoms with Gasteiger partial charge in [-0.05, 0) is 44.7 Å². The summed E-state index contributed by atoms with van der Waals surface area (Å²) >= 11 is 0. The molecule has 0 aromatic heterocycles. The molecule has 0 saturated carbocycles. The summed E-state index contributed by atoms with van der Waals surface area (Å²) in [6, 6.07) is 7.46. The highest BCUT2D eigenvalue weighted by molar-refractivity contribution is 7.86. The van der Waals surface area contributed by atoms with Crippen molar-refractivity contribution in [2.75, 3.05) is 6.61 Å². The first-order valence-corrected chi connectivity index (χ1v) is 9.13. The Hall–Kier alpha value is -1.16. The van der Waals surface area contributed by atoms with Gasteiger partial charge in [0.2, 0.25) is 0 Å². The minimum absolute atomic E-state index is 0.0369. The van der Waals surface area contributed by atoms with Crippen LogP contribution in [0.25, 0.3) is 0 Å². The molecule has 2 heterocycles. The standard InChI is InChI=1S/C17H22O3S/c1-2-20-14-6-3-5-12(9-14)17(18)13-10-15-7-4-8-16(11-13)21(15)19/h3,5-6,9,13,15-16H,2,4,7-8,10-11H2,1H3. The van der Waals surface area contributed by atoms with E-state index in [1.807, 2.05) is 31.2 Å². The van der Waals surface area contributed by atoms with Gasteiger partial charge in [0.25, 0.3) is 0 Å². The van der Waals surface area contributed by atoms with Crippen LogP contribution in [0.4, 0.5) is 0 Å². The summed E-state index contributed by atoms with van der Waals surface area (Å²) in [6.07, 6.45) is 4.79. The molecule has 2 saturated heterocycles. The number of rotatable bonds is 4. The van der Waals surface area contributed by atoms with E-state index in [0.717, 1.165) is 37.0 Å². The van der Waals surface area contributed by atoms with E-state index in [4.69, 9.17) is 4.74 Å². The Morgan fingerprint density at radius 3 is 2.67 bits per heavy atom. The summed E-state index contributed by atoms with van der Waals surface area (Å²) in [7, 11) is -0.714. The van der Waals surface area contributed by atoms with Crippen molar-refractivity contribution >= 4 is 16.6 Å². The van der Waals surface area contributed by atoms with Gasteiger partial charge in [-0.3, -0.25) is 9.00 Å².